The maximum Gasteiger partial charge on any atom is 0.0636 e. The second-order valence-corrected chi connectivity index (χ2v) is 4.76. The van der Waals surface area contributed by atoms with Crippen LogP contribution in [0.15, 0.2) is 0 Å². The van der Waals surface area contributed by atoms with Crippen LogP contribution in [0.2, 0.25) is 0 Å². The van der Waals surface area contributed by atoms with Crippen molar-refractivity contribution >= 4 is 0 Å². The Morgan fingerprint density at radius 2 is 2.15 bits per heavy atom. The van der Waals surface area contributed by atoms with Gasteiger partial charge in [0.15, 0.2) is 0 Å². The van der Waals surface area contributed by atoms with Crippen LogP contribution < -0.4 is 5.32 Å². The second kappa shape index (κ2) is 3.56. The number of nitrogens with one attached hydrogen (secondary N) is 1. The highest BCUT2D eigenvalue weighted by Crippen LogP contribution is 2.52. The zero-order valence-electron chi connectivity index (χ0n) is 8.42. The highest BCUT2D eigenvalue weighted by Gasteiger charge is 2.51. The molecule has 1 heterocycles. The number of likely N-dealkylation sites (tertiary alicyclic amines) is 1. The van der Waals surface area contributed by atoms with E-state index in [1.165, 1.54) is 25.9 Å². The minimum Gasteiger partial charge on any atom is -0.392 e. The first-order valence-electron chi connectivity index (χ1n) is 5.31. The molecule has 0 aromatic carbocycles. The van der Waals surface area contributed by atoms with Crippen molar-refractivity contribution in [1.29, 1.82) is 0 Å². The molecule has 3 heteroatoms. The van der Waals surface area contributed by atoms with Crippen molar-refractivity contribution in [1.82, 2.24) is 10.2 Å². The summed E-state index contributed by atoms with van der Waals surface area (Å²) in [6, 6.07) is 0. The molecule has 13 heavy (non-hydrogen) atoms. The summed E-state index contributed by atoms with van der Waals surface area (Å²) in [6.45, 7) is 7.34. The Morgan fingerprint density at radius 1 is 1.46 bits per heavy atom. The van der Waals surface area contributed by atoms with Gasteiger partial charge in [-0.3, -0.25) is 0 Å². The van der Waals surface area contributed by atoms with Crippen LogP contribution in [0.3, 0.4) is 0 Å². The maximum atomic E-state index is 9.01. The van der Waals surface area contributed by atoms with Crippen LogP contribution in [-0.4, -0.2) is 48.8 Å². The highest BCUT2D eigenvalue weighted by molar-refractivity contribution is 5.05. The average Bonchev–Trinajstić information content (AvgIpc) is 2.75. The van der Waals surface area contributed by atoms with E-state index in [0.29, 0.717) is 0 Å². The normalized spacial score (nSPS) is 27.2. The van der Waals surface area contributed by atoms with E-state index in [1.807, 2.05) is 6.92 Å². The fraction of sp³-hybridized carbons (Fsp3) is 1.00. The van der Waals surface area contributed by atoms with Crippen LogP contribution in [0.5, 0.6) is 0 Å². The summed E-state index contributed by atoms with van der Waals surface area (Å²) in [7, 11) is 0. The molecule has 1 unspecified atom stereocenters. The van der Waals surface area contributed by atoms with Crippen LogP contribution in [-0.2, 0) is 0 Å². The molecule has 0 amide bonds. The number of rotatable bonds is 5. The van der Waals surface area contributed by atoms with Crippen LogP contribution in [0, 0.1) is 5.41 Å². The van der Waals surface area contributed by atoms with Gasteiger partial charge >= 0.3 is 0 Å². The van der Waals surface area contributed by atoms with E-state index in [1.54, 1.807) is 0 Å². The summed E-state index contributed by atoms with van der Waals surface area (Å²) < 4.78 is 0. The van der Waals surface area contributed by atoms with Gasteiger partial charge in [-0.05, 0) is 25.2 Å². The third-order valence-electron chi connectivity index (χ3n) is 3.12. The van der Waals surface area contributed by atoms with Crippen molar-refractivity contribution in [2.75, 3.05) is 32.7 Å². The van der Waals surface area contributed by atoms with Crippen LogP contribution >= 0.6 is 0 Å². The predicted molar refractivity (Wildman–Crippen MR) is 52.7 cm³/mol. The molecule has 0 aromatic rings. The first-order valence-corrected chi connectivity index (χ1v) is 5.31. The topological polar surface area (TPSA) is 35.5 Å². The standard InChI is InChI=1S/C10H20N2O/c1-9(13)6-11-4-5-12-7-10(8-12)2-3-10/h9,11,13H,2-8H2,1H3. The molecule has 0 bridgehead atoms. The lowest BCUT2D eigenvalue weighted by Crippen LogP contribution is -2.50. The number of hydrogen-bond donors (Lipinski definition) is 2. The van der Waals surface area contributed by atoms with Gasteiger partial charge in [0.2, 0.25) is 0 Å². The fourth-order valence-electron chi connectivity index (χ4n) is 2.10. The van der Waals surface area contributed by atoms with Gasteiger partial charge in [-0.2, -0.15) is 0 Å². The molecular formula is C10H20N2O. The van der Waals surface area contributed by atoms with Gasteiger partial charge in [0, 0.05) is 32.7 Å². The van der Waals surface area contributed by atoms with Crippen molar-refractivity contribution in [3.05, 3.63) is 0 Å². The van der Waals surface area contributed by atoms with Gasteiger partial charge in [0.05, 0.1) is 6.10 Å². The Hall–Kier alpha value is -0.120. The molecule has 1 spiro atoms. The molecule has 0 radical (unpaired) electrons. The lowest BCUT2D eigenvalue weighted by Gasteiger charge is -2.40. The van der Waals surface area contributed by atoms with Crippen molar-refractivity contribution in [3.63, 3.8) is 0 Å². The lowest BCUT2D eigenvalue weighted by atomic mass is 9.97. The van der Waals surface area contributed by atoms with E-state index >= 15 is 0 Å². The van der Waals surface area contributed by atoms with Gasteiger partial charge < -0.3 is 15.3 Å². The van der Waals surface area contributed by atoms with Gasteiger partial charge in [0.1, 0.15) is 0 Å². The summed E-state index contributed by atoms with van der Waals surface area (Å²) in [5, 5.41) is 12.2. The first kappa shape index (κ1) is 9.44. The number of nitrogens with zero attached hydrogens (tertiary/aromatic N) is 1. The zero-order valence-corrected chi connectivity index (χ0v) is 8.42. The molecule has 1 saturated heterocycles. The van der Waals surface area contributed by atoms with Crippen molar-refractivity contribution in [2.45, 2.75) is 25.9 Å². The summed E-state index contributed by atoms with van der Waals surface area (Å²) in [4.78, 5) is 2.50. The van der Waals surface area contributed by atoms with Crippen molar-refractivity contribution < 1.29 is 5.11 Å². The Morgan fingerprint density at radius 3 is 2.69 bits per heavy atom. The minimum absolute atomic E-state index is 0.217. The van der Waals surface area contributed by atoms with Gasteiger partial charge in [-0.15, -0.1) is 0 Å². The SMILES string of the molecule is CC(O)CNCCN1CC2(CC2)C1. The van der Waals surface area contributed by atoms with Gasteiger partial charge in [-0.1, -0.05) is 0 Å². The molecule has 2 N–H and O–H groups in total. The molecule has 76 valence electrons. The van der Waals surface area contributed by atoms with Crippen molar-refractivity contribution in [3.8, 4) is 0 Å². The van der Waals surface area contributed by atoms with E-state index in [0.717, 1.165) is 25.0 Å². The van der Waals surface area contributed by atoms with Gasteiger partial charge in [0.25, 0.3) is 0 Å². The van der Waals surface area contributed by atoms with E-state index in [2.05, 4.69) is 10.2 Å². The Kier molecular flexibility index (Phi) is 2.58. The van der Waals surface area contributed by atoms with Gasteiger partial charge in [-0.25, -0.2) is 0 Å². The molecule has 2 aliphatic rings. The summed E-state index contributed by atoms with van der Waals surface area (Å²) >= 11 is 0. The molecule has 1 aliphatic carbocycles. The van der Waals surface area contributed by atoms with Crippen LogP contribution in [0.4, 0.5) is 0 Å². The Labute approximate surface area is 80.1 Å². The van der Waals surface area contributed by atoms with Crippen molar-refractivity contribution in [2.24, 2.45) is 5.41 Å². The summed E-state index contributed by atoms with van der Waals surface area (Å²) in [5.74, 6) is 0. The third kappa shape index (κ3) is 2.42. The van der Waals surface area contributed by atoms with E-state index in [-0.39, 0.29) is 6.10 Å². The van der Waals surface area contributed by atoms with E-state index in [4.69, 9.17) is 5.11 Å². The number of aliphatic hydroxyl groups is 1. The molecule has 1 aliphatic heterocycles. The Bertz CT molecular complexity index is 170. The third-order valence-corrected chi connectivity index (χ3v) is 3.12. The molecular weight excluding hydrogens is 164 g/mol. The monoisotopic (exact) mass is 184 g/mol. The fourth-order valence-corrected chi connectivity index (χ4v) is 2.10. The average molecular weight is 184 g/mol. The maximum absolute atomic E-state index is 9.01. The quantitative estimate of drug-likeness (QED) is 0.593. The Balaban J connectivity index is 1.46. The molecule has 1 atom stereocenters. The number of hydrogen-bond acceptors (Lipinski definition) is 3. The summed E-state index contributed by atoms with van der Waals surface area (Å²) in [6.07, 6.45) is 2.71. The molecule has 3 nitrogen and oxygen atoms in total. The smallest absolute Gasteiger partial charge is 0.0636 e. The van der Waals surface area contributed by atoms with Crippen LogP contribution in [0.1, 0.15) is 19.8 Å². The lowest BCUT2D eigenvalue weighted by molar-refractivity contribution is 0.0817. The number of aliphatic hydroxyl groups excluding tert-OH is 1. The van der Waals surface area contributed by atoms with Crippen LogP contribution in [0.25, 0.3) is 0 Å². The molecule has 2 rings (SSSR count). The first-order chi connectivity index (χ1) is 6.20. The highest BCUT2D eigenvalue weighted by atomic mass is 16.3. The molecule has 0 aromatic heterocycles. The zero-order chi connectivity index (χ0) is 9.31. The molecule has 1 saturated carbocycles. The second-order valence-electron chi connectivity index (χ2n) is 4.76. The summed E-state index contributed by atoms with van der Waals surface area (Å²) in [5.41, 5.74) is 0.782. The minimum atomic E-state index is -0.217. The predicted octanol–water partition coefficient (Wildman–Crippen LogP) is 0.0526. The molecule has 2 fully saturated rings. The van der Waals surface area contributed by atoms with E-state index < -0.39 is 0 Å². The van der Waals surface area contributed by atoms with E-state index in [9.17, 15) is 0 Å². The largest absolute Gasteiger partial charge is 0.392 e.